The van der Waals surface area contributed by atoms with Crippen molar-refractivity contribution in [3.63, 3.8) is 0 Å². The average molecular weight is 269 g/mol. The lowest BCUT2D eigenvalue weighted by Gasteiger charge is -2.02. The van der Waals surface area contributed by atoms with Gasteiger partial charge in [-0.15, -0.1) is 0 Å². The predicted molar refractivity (Wildman–Crippen MR) is 78.9 cm³/mol. The van der Waals surface area contributed by atoms with Crippen molar-refractivity contribution in [2.24, 2.45) is 7.05 Å². The van der Waals surface area contributed by atoms with Crippen LogP contribution in [0.15, 0.2) is 42.5 Å². The highest BCUT2D eigenvalue weighted by Crippen LogP contribution is 2.24. The first-order chi connectivity index (χ1) is 9.69. The number of hydrogen-bond acceptors (Lipinski definition) is 2. The molecule has 0 atom stereocenters. The molecule has 4 heteroatoms. The number of aryl methyl sites for hydroxylation is 1. The molecule has 1 N–H and O–H groups in total. The van der Waals surface area contributed by atoms with E-state index >= 15 is 0 Å². The van der Waals surface area contributed by atoms with E-state index in [9.17, 15) is 4.39 Å². The number of imidazole rings is 1. The second-order valence-electron chi connectivity index (χ2n) is 4.85. The molecule has 1 heterocycles. The maximum atomic E-state index is 13.0. The van der Waals surface area contributed by atoms with Crippen molar-refractivity contribution < 1.29 is 4.39 Å². The molecule has 0 bridgehead atoms. The third kappa shape index (κ3) is 2.18. The molecule has 1 aromatic heterocycles. The summed E-state index contributed by atoms with van der Waals surface area (Å²) in [5.41, 5.74) is 4.15. The third-order valence-corrected chi connectivity index (χ3v) is 3.43. The zero-order valence-corrected chi connectivity index (χ0v) is 11.5. The molecule has 0 saturated heterocycles. The Labute approximate surface area is 117 Å². The Kier molecular flexibility index (Phi) is 3.24. The monoisotopic (exact) mass is 269 g/mol. The Morgan fingerprint density at radius 1 is 1.15 bits per heavy atom. The molecule has 3 rings (SSSR count). The lowest BCUT2D eigenvalue weighted by molar-refractivity contribution is 0.628. The second kappa shape index (κ2) is 5.06. The van der Waals surface area contributed by atoms with Crippen LogP contribution in [0.3, 0.4) is 0 Å². The quantitative estimate of drug-likeness (QED) is 0.792. The number of nitrogens with zero attached hydrogens (tertiary/aromatic N) is 2. The zero-order chi connectivity index (χ0) is 14.1. The van der Waals surface area contributed by atoms with Gasteiger partial charge in [0.05, 0.1) is 11.0 Å². The van der Waals surface area contributed by atoms with E-state index < -0.39 is 0 Å². The summed E-state index contributed by atoms with van der Waals surface area (Å²) in [5.74, 6) is 0.616. The molecule has 20 heavy (non-hydrogen) atoms. The van der Waals surface area contributed by atoms with Gasteiger partial charge in [0.1, 0.15) is 11.6 Å². The molecular weight excluding hydrogens is 253 g/mol. The number of hydrogen-bond donors (Lipinski definition) is 1. The molecule has 0 amide bonds. The van der Waals surface area contributed by atoms with Crippen molar-refractivity contribution in [3.05, 3.63) is 53.8 Å². The summed E-state index contributed by atoms with van der Waals surface area (Å²) in [4.78, 5) is 4.67. The summed E-state index contributed by atoms with van der Waals surface area (Å²) in [5, 5.41) is 3.13. The minimum atomic E-state index is -0.233. The van der Waals surface area contributed by atoms with E-state index in [-0.39, 0.29) is 5.82 Å². The van der Waals surface area contributed by atoms with Gasteiger partial charge in [0, 0.05) is 19.2 Å². The maximum absolute atomic E-state index is 13.0. The second-order valence-corrected chi connectivity index (χ2v) is 4.85. The molecular formula is C16H16FN3. The van der Waals surface area contributed by atoms with E-state index in [0.717, 1.165) is 29.0 Å². The van der Waals surface area contributed by atoms with Crippen LogP contribution in [0.2, 0.25) is 0 Å². The predicted octanol–water partition coefficient (Wildman–Crippen LogP) is 3.10. The van der Waals surface area contributed by atoms with Crippen LogP contribution in [0, 0.1) is 5.82 Å². The summed E-state index contributed by atoms with van der Waals surface area (Å²) < 4.78 is 15.0. The highest BCUT2D eigenvalue weighted by atomic mass is 19.1. The minimum Gasteiger partial charge on any atom is -0.327 e. The van der Waals surface area contributed by atoms with Crippen molar-refractivity contribution >= 4 is 11.0 Å². The van der Waals surface area contributed by atoms with Crippen LogP contribution >= 0.6 is 0 Å². The maximum Gasteiger partial charge on any atom is 0.140 e. The van der Waals surface area contributed by atoms with Crippen molar-refractivity contribution in [2.75, 3.05) is 7.05 Å². The standard InChI is InChI=1S/C16H16FN3/c1-18-10-11-3-8-15-14(9-11)19-16(20(15)2)12-4-6-13(17)7-5-12/h3-9,18H,10H2,1-2H3. The number of fused-ring (bicyclic) bond motifs is 1. The molecule has 0 fully saturated rings. The van der Waals surface area contributed by atoms with Crippen LogP contribution in [0.1, 0.15) is 5.56 Å². The lowest BCUT2D eigenvalue weighted by atomic mass is 10.2. The van der Waals surface area contributed by atoms with Crippen LogP contribution in [0.5, 0.6) is 0 Å². The van der Waals surface area contributed by atoms with Crippen molar-refractivity contribution in [2.45, 2.75) is 6.54 Å². The van der Waals surface area contributed by atoms with Crippen LogP contribution in [-0.2, 0) is 13.6 Å². The van der Waals surface area contributed by atoms with E-state index in [1.807, 2.05) is 18.7 Å². The van der Waals surface area contributed by atoms with Crippen molar-refractivity contribution in [1.29, 1.82) is 0 Å². The van der Waals surface area contributed by atoms with Gasteiger partial charge in [0.15, 0.2) is 0 Å². The first-order valence-corrected chi connectivity index (χ1v) is 6.55. The Balaban J connectivity index is 2.12. The van der Waals surface area contributed by atoms with Crippen LogP contribution in [-0.4, -0.2) is 16.6 Å². The van der Waals surface area contributed by atoms with Gasteiger partial charge >= 0.3 is 0 Å². The van der Waals surface area contributed by atoms with Crippen LogP contribution in [0.4, 0.5) is 4.39 Å². The number of rotatable bonds is 3. The Morgan fingerprint density at radius 2 is 1.90 bits per heavy atom. The van der Waals surface area contributed by atoms with Gasteiger partial charge in [-0.3, -0.25) is 0 Å². The Morgan fingerprint density at radius 3 is 2.60 bits per heavy atom. The number of nitrogens with one attached hydrogen (secondary N) is 1. The fraction of sp³-hybridized carbons (Fsp3) is 0.188. The summed E-state index contributed by atoms with van der Waals surface area (Å²) in [7, 11) is 3.90. The van der Waals surface area contributed by atoms with Crippen molar-refractivity contribution in [1.82, 2.24) is 14.9 Å². The Bertz CT molecular complexity index is 744. The molecule has 0 saturated carbocycles. The highest BCUT2D eigenvalue weighted by molar-refractivity contribution is 5.81. The van der Waals surface area contributed by atoms with Gasteiger partial charge in [0.25, 0.3) is 0 Å². The third-order valence-electron chi connectivity index (χ3n) is 3.43. The molecule has 0 unspecified atom stereocenters. The molecule has 2 aromatic carbocycles. The first-order valence-electron chi connectivity index (χ1n) is 6.55. The van der Waals surface area contributed by atoms with Gasteiger partial charge in [-0.25, -0.2) is 9.37 Å². The topological polar surface area (TPSA) is 29.9 Å². The van der Waals surface area contributed by atoms with Gasteiger partial charge in [0.2, 0.25) is 0 Å². The number of halogens is 1. The van der Waals surface area contributed by atoms with E-state index in [2.05, 4.69) is 28.5 Å². The fourth-order valence-electron chi connectivity index (χ4n) is 2.42. The molecule has 0 radical (unpaired) electrons. The highest BCUT2D eigenvalue weighted by Gasteiger charge is 2.10. The molecule has 3 aromatic rings. The SMILES string of the molecule is CNCc1ccc2c(c1)nc(-c1ccc(F)cc1)n2C. The van der Waals surface area contributed by atoms with Gasteiger partial charge in [-0.2, -0.15) is 0 Å². The van der Waals surface area contributed by atoms with E-state index in [0.29, 0.717) is 0 Å². The minimum absolute atomic E-state index is 0.233. The molecule has 0 spiro atoms. The molecule has 0 aliphatic rings. The van der Waals surface area contributed by atoms with Crippen LogP contribution in [0.25, 0.3) is 22.4 Å². The zero-order valence-electron chi connectivity index (χ0n) is 11.5. The summed E-state index contributed by atoms with van der Waals surface area (Å²) in [6, 6.07) is 12.7. The molecule has 3 nitrogen and oxygen atoms in total. The normalized spacial score (nSPS) is 11.2. The summed E-state index contributed by atoms with van der Waals surface area (Å²) in [6.07, 6.45) is 0. The van der Waals surface area contributed by atoms with Gasteiger partial charge < -0.3 is 9.88 Å². The molecule has 102 valence electrons. The molecule has 0 aliphatic heterocycles. The molecule has 0 aliphatic carbocycles. The van der Waals surface area contributed by atoms with E-state index in [1.165, 1.54) is 17.7 Å². The lowest BCUT2D eigenvalue weighted by Crippen LogP contribution is -2.04. The van der Waals surface area contributed by atoms with E-state index in [4.69, 9.17) is 0 Å². The van der Waals surface area contributed by atoms with Crippen molar-refractivity contribution in [3.8, 4) is 11.4 Å². The smallest absolute Gasteiger partial charge is 0.140 e. The Hall–Kier alpha value is -2.20. The van der Waals surface area contributed by atoms with E-state index in [1.54, 1.807) is 12.1 Å². The van der Waals surface area contributed by atoms with Crippen LogP contribution < -0.4 is 5.32 Å². The average Bonchev–Trinajstić information content (AvgIpc) is 2.77. The number of aromatic nitrogens is 2. The van der Waals surface area contributed by atoms with Gasteiger partial charge in [-0.1, -0.05) is 6.07 Å². The first kappa shape index (κ1) is 12.8. The summed E-state index contributed by atoms with van der Waals surface area (Å²) in [6.45, 7) is 0.818. The fourth-order valence-corrected chi connectivity index (χ4v) is 2.42. The summed E-state index contributed by atoms with van der Waals surface area (Å²) >= 11 is 0. The van der Waals surface area contributed by atoms with Gasteiger partial charge in [-0.05, 0) is 49.0 Å². The largest absolute Gasteiger partial charge is 0.327 e. The number of benzene rings is 2.